The molecule has 2 fully saturated rings. The van der Waals surface area contributed by atoms with E-state index in [1.807, 2.05) is 12.1 Å². The highest BCUT2D eigenvalue weighted by Crippen LogP contribution is 2.51. The molecule has 2 unspecified atom stereocenters. The Morgan fingerprint density at radius 1 is 1.10 bits per heavy atom. The Bertz CT molecular complexity index is 985. The molecule has 5 heteroatoms. The minimum Gasteiger partial charge on any atom is -0.361 e. The molecule has 2 aliphatic rings. The van der Waals surface area contributed by atoms with Gasteiger partial charge in [-0.2, -0.15) is 0 Å². The molecule has 3 nitrogen and oxygen atoms in total. The second-order valence-corrected chi connectivity index (χ2v) is 8.84. The van der Waals surface area contributed by atoms with Crippen molar-refractivity contribution in [2.24, 2.45) is 0 Å². The van der Waals surface area contributed by atoms with Crippen molar-refractivity contribution >= 4 is 11.6 Å². The third-order valence-electron chi connectivity index (χ3n) is 6.77. The van der Waals surface area contributed by atoms with E-state index >= 15 is 0 Å². The molecule has 2 saturated heterocycles. The number of nitrogens with zero attached hydrogens (tertiary/aromatic N) is 2. The maximum absolute atomic E-state index is 13.2. The molecule has 0 amide bonds. The number of likely N-dealkylation sites (N-methyl/N-ethyl adjacent to an activating group) is 1. The van der Waals surface area contributed by atoms with Crippen LogP contribution < -0.4 is 0 Å². The number of piperidine rings is 1. The molecule has 0 radical (unpaired) electrons. The summed E-state index contributed by atoms with van der Waals surface area (Å²) in [5.41, 5.74) is 3.24. The zero-order valence-electron chi connectivity index (χ0n) is 16.4. The first-order valence-corrected chi connectivity index (χ1v) is 10.6. The molecule has 0 aliphatic carbocycles. The van der Waals surface area contributed by atoms with Crippen LogP contribution in [-0.4, -0.2) is 29.2 Å². The number of aromatic nitrogens is 1. The van der Waals surface area contributed by atoms with Gasteiger partial charge in [-0.1, -0.05) is 41.0 Å². The zero-order valence-corrected chi connectivity index (χ0v) is 17.1. The predicted octanol–water partition coefficient (Wildman–Crippen LogP) is 5.79. The molecule has 3 heterocycles. The normalized spacial score (nSPS) is 26.7. The Morgan fingerprint density at radius 2 is 1.86 bits per heavy atom. The average Bonchev–Trinajstić information content (AvgIpc) is 3.26. The lowest BCUT2D eigenvalue weighted by atomic mass is 9.75. The monoisotopic (exact) mass is 410 g/mol. The van der Waals surface area contributed by atoms with E-state index in [-0.39, 0.29) is 11.7 Å². The SMILES string of the molecule is CN1C2CCC1[C@@H](c1cc(Cc3ccc(F)cc3)no1)[C@@H](c1ccc(Cl)cc1)C2. The fraction of sp³-hybridized carbons (Fsp3) is 0.375. The predicted molar refractivity (Wildman–Crippen MR) is 112 cm³/mol. The largest absolute Gasteiger partial charge is 0.361 e. The first-order chi connectivity index (χ1) is 14.1. The van der Waals surface area contributed by atoms with Crippen LogP contribution in [0.1, 0.15) is 53.7 Å². The Labute approximate surface area is 175 Å². The number of hydrogen-bond acceptors (Lipinski definition) is 3. The quantitative estimate of drug-likeness (QED) is 0.545. The molecule has 3 aromatic rings. The van der Waals surface area contributed by atoms with Crippen LogP contribution in [0.25, 0.3) is 0 Å². The maximum atomic E-state index is 13.2. The van der Waals surface area contributed by atoms with E-state index in [1.165, 1.54) is 30.5 Å². The van der Waals surface area contributed by atoms with Crippen LogP contribution >= 0.6 is 11.6 Å². The van der Waals surface area contributed by atoms with E-state index in [1.54, 1.807) is 12.1 Å². The highest BCUT2D eigenvalue weighted by atomic mass is 35.5. The first-order valence-electron chi connectivity index (χ1n) is 10.3. The van der Waals surface area contributed by atoms with E-state index < -0.39 is 0 Å². The molecule has 2 bridgehead atoms. The molecule has 1 aromatic heterocycles. The van der Waals surface area contributed by atoms with E-state index in [9.17, 15) is 4.39 Å². The van der Waals surface area contributed by atoms with Crippen molar-refractivity contribution < 1.29 is 8.91 Å². The van der Waals surface area contributed by atoms with Crippen LogP contribution in [0, 0.1) is 5.82 Å². The van der Waals surface area contributed by atoms with Crippen LogP contribution in [0.15, 0.2) is 59.1 Å². The topological polar surface area (TPSA) is 29.3 Å². The fourth-order valence-electron chi connectivity index (χ4n) is 5.29. The van der Waals surface area contributed by atoms with E-state index in [0.717, 1.165) is 28.5 Å². The summed E-state index contributed by atoms with van der Waals surface area (Å²) < 4.78 is 19.1. The molecule has 0 saturated carbocycles. The highest BCUT2D eigenvalue weighted by Gasteiger charge is 2.48. The van der Waals surface area contributed by atoms with Crippen molar-refractivity contribution in [3.8, 4) is 0 Å². The van der Waals surface area contributed by atoms with Gasteiger partial charge in [-0.15, -0.1) is 0 Å². The maximum Gasteiger partial charge on any atom is 0.142 e. The second-order valence-electron chi connectivity index (χ2n) is 8.41. The number of benzene rings is 2. The Balaban J connectivity index is 1.45. The molecule has 150 valence electrons. The van der Waals surface area contributed by atoms with Gasteiger partial charge in [-0.05, 0) is 67.6 Å². The highest BCUT2D eigenvalue weighted by molar-refractivity contribution is 6.30. The van der Waals surface area contributed by atoms with E-state index in [0.29, 0.717) is 24.4 Å². The van der Waals surface area contributed by atoms with Gasteiger partial charge in [0.15, 0.2) is 0 Å². The van der Waals surface area contributed by atoms with Crippen LogP contribution in [0.2, 0.25) is 5.02 Å². The Kier molecular flexibility index (Phi) is 4.92. The minimum atomic E-state index is -0.221. The van der Waals surface area contributed by atoms with E-state index in [4.69, 9.17) is 16.1 Å². The third-order valence-corrected chi connectivity index (χ3v) is 7.02. The molecule has 5 rings (SSSR count). The van der Waals surface area contributed by atoms with Gasteiger partial charge in [0.05, 0.1) is 5.69 Å². The van der Waals surface area contributed by atoms with Gasteiger partial charge in [0.1, 0.15) is 11.6 Å². The third kappa shape index (κ3) is 3.60. The molecule has 2 aliphatic heterocycles. The van der Waals surface area contributed by atoms with Crippen molar-refractivity contribution in [3.63, 3.8) is 0 Å². The summed E-state index contributed by atoms with van der Waals surface area (Å²) in [6.07, 6.45) is 4.18. The summed E-state index contributed by atoms with van der Waals surface area (Å²) in [4.78, 5) is 2.53. The van der Waals surface area contributed by atoms with Crippen molar-refractivity contribution in [3.05, 3.63) is 88.0 Å². The van der Waals surface area contributed by atoms with Crippen molar-refractivity contribution in [1.29, 1.82) is 0 Å². The summed E-state index contributed by atoms with van der Waals surface area (Å²) in [7, 11) is 2.24. The number of halogens is 2. The number of rotatable bonds is 4. The Hall–Kier alpha value is -2.17. The van der Waals surface area contributed by atoms with Crippen LogP contribution in [-0.2, 0) is 6.42 Å². The summed E-state index contributed by atoms with van der Waals surface area (Å²) >= 11 is 6.13. The Morgan fingerprint density at radius 3 is 2.62 bits per heavy atom. The zero-order chi connectivity index (χ0) is 20.0. The van der Waals surface area contributed by atoms with Crippen molar-refractivity contribution in [2.75, 3.05) is 7.05 Å². The molecule has 0 spiro atoms. The fourth-order valence-corrected chi connectivity index (χ4v) is 5.41. The summed E-state index contributed by atoms with van der Waals surface area (Å²) in [6.45, 7) is 0. The van der Waals surface area contributed by atoms with Gasteiger partial charge >= 0.3 is 0 Å². The van der Waals surface area contributed by atoms with Crippen LogP contribution in [0.5, 0.6) is 0 Å². The van der Waals surface area contributed by atoms with Gasteiger partial charge in [0.25, 0.3) is 0 Å². The average molecular weight is 411 g/mol. The molecule has 4 atom stereocenters. The smallest absolute Gasteiger partial charge is 0.142 e. The molecular weight excluding hydrogens is 387 g/mol. The molecule has 2 aromatic carbocycles. The van der Waals surface area contributed by atoms with Gasteiger partial charge in [0, 0.05) is 35.5 Å². The van der Waals surface area contributed by atoms with Gasteiger partial charge in [0.2, 0.25) is 0 Å². The lowest BCUT2D eigenvalue weighted by Gasteiger charge is -2.42. The van der Waals surface area contributed by atoms with Crippen molar-refractivity contribution in [2.45, 2.75) is 49.6 Å². The second kappa shape index (κ2) is 7.58. The molecular formula is C24H24ClFN2O. The lowest BCUT2D eigenvalue weighted by Crippen LogP contribution is -2.44. The van der Waals surface area contributed by atoms with Crippen molar-refractivity contribution in [1.82, 2.24) is 10.1 Å². The minimum absolute atomic E-state index is 0.221. The van der Waals surface area contributed by atoms with E-state index in [2.05, 4.69) is 35.3 Å². The van der Waals surface area contributed by atoms with Gasteiger partial charge < -0.3 is 4.52 Å². The number of fused-ring (bicyclic) bond motifs is 2. The lowest BCUT2D eigenvalue weighted by molar-refractivity contribution is 0.122. The van der Waals surface area contributed by atoms with Gasteiger partial charge in [-0.3, -0.25) is 4.90 Å². The first kappa shape index (κ1) is 18.8. The number of hydrogen-bond donors (Lipinski definition) is 0. The summed E-state index contributed by atoms with van der Waals surface area (Å²) in [6, 6.07) is 18.0. The molecule has 0 N–H and O–H groups in total. The summed E-state index contributed by atoms with van der Waals surface area (Å²) in [5, 5.41) is 5.12. The van der Waals surface area contributed by atoms with Crippen LogP contribution in [0.3, 0.4) is 0 Å². The summed E-state index contributed by atoms with van der Waals surface area (Å²) in [5.74, 6) is 1.41. The van der Waals surface area contributed by atoms with Gasteiger partial charge in [-0.25, -0.2) is 4.39 Å². The standard InChI is InChI=1S/C24H24ClFN2O/c1-28-20-10-11-22(28)24(21(14-20)16-4-6-17(25)7-5-16)23-13-19(27-29-23)12-15-2-8-18(26)9-3-15/h2-9,13,20-22,24H,10-12,14H2,1H3/t20?,21-,22?,24+/m1/s1. The molecule has 29 heavy (non-hydrogen) atoms. The van der Waals surface area contributed by atoms with Crippen LogP contribution in [0.4, 0.5) is 4.39 Å².